The smallest absolute Gasteiger partial charge is 0.266 e. The quantitative estimate of drug-likeness (QED) is 0.772. The molecule has 0 aromatic carbocycles. The highest BCUT2D eigenvalue weighted by atomic mass is 16.5. The number of likely N-dealkylation sites (tertiary alicyclic amines) is 1. The first-order valence-corrected chi connectivity index (χ1v) is 6.00. The normalized spacial score (nSPS) is 18.2. The van der Waals surface area contributed by atoms with Gasteiger partial charge in [0.05, 0.1) is 7.11 Å². The van der Waals surface area contributed by atoms with Gasteiger partial charge in [0.25, 0.3) is 5.56 Å². The van der Waals surface area contributed by atoms with Crippen LogP contribution in [0.4, 0.5) is 0 Å². The molecule has 0 spiro atoms. The summed E-state index contributed by atoms with van der Waals surface area (Å²) >= 11 is 0. The van der Waals surface area contributed by atoms with Gasteiger partial charge in [-0.2, -0.15) is 0 Å². The SMILES string of the molecule is COc1ccc(=O)n(CC2CCN(C)CC2)n1. The van der Waals surface area contributed by atoms with E-state index in [1.807, 2.05) is 0 Å². The van der Waals surface area contributed by atoms with E-state index in [-0.39, 0.29) is 5.56 Å². The number of rotatable bonds is 3. The highest BCUT2D eigenvalue weighted by molar-refractivity contribution is 5.06. The fraction of sp³-hybridized carbons (Fsp3) is 0.667. The zero-order valence-electron chi connectivity index (χ0n) is 10.4. The van der Waals surface area contributed by atoms with Gasteiger partial charge < -0.3 is 9.64 Å². The van der Waals surface area contributed by atoms with Crippen molar-refractivity contribution in [3.63, 3.8) is 0 Å². The van der Waals surface area contributed by atoms with Gasteiger partial charge >= 0.3 is 0 Å². The molecule has 94 valence electrons. The molecule has 17 heavy (non-hydrogen) atoms. The molecule has 2 rings (SSSR count). The minimum atomic E-state index is -0.0512. The zero-order valence-corrected chi connectivity index (χ0v) is 10.4. The lowest BCUT2D eigenvalue weighted by Crippen LogP contribution is -2.34. The predicted octanol–water partition coefficient (Wildman–Crippen LogP) is 0.594. The number of ether oxygens (including phenoxy) is 1. The van der Waals surface area contributed by atoms with E-state index in [4.69, 9.17) is 4.74 Å². The average Bonchev–Trinajstić information content (AvgIpc) is 2.35. The molecule has 0 radical (unpaired) electrons. The van der Waals surface area contributed by atoms with Crippen molar-refractivity contribution >= 4 is 0 Å². The molecule has 5 nitrogen and oxygen atoms in total. The van der Waals surface area contributed by atoms with Gasteiger partial charge in [-0.15, -0.1) is 5.10 Å². The highest BCUT2D eigenvalue weighted by Crippen LogP contribution is 2.17. The molecule has 0 N–H and O–H groups in total. The van der Waals surface area contributed by atoms with Gasteiger partial charge in [-0.25, -0.2) is 4.68 Å². The van der Waals surface area contributed by atoms with Gasteiger partial charge in [0, 0.05) is 18.7 Å². The Bertz CT molecular complexity index is 422. The first kappa shape index (κ1) is 12.1. The molecular formula is C12H19N3O2. The van der Waals surface area contributed by atoms with Gasteiger partial charge in [0.2, 0.25) is 5.88 Å². The van der Waals surface area contributed by atoms with Gasteiger partial charge in [-0.3, -0.25) is 4.79 Å². The Balaban J connectivity index is 2.05. The molecule has 0 saturated carbocycles. The predicted molar refractivity (Wildman–Crippen MR) is 65.3 cm³/mol. The molecule has 1 aromatic heterocycles. The maximum Gasteiger partial charge on any atom is 0.266 e. The molecule has 0 bridgehead atoms. The third-order valence-electron chi connectivity index (χ3n) is 3.32. The summed E-state index contributed by atoms with van der Waals surface area (Å²) in [6, 6.07) is 3.12. The van der Waals surface area contributed by atoms with Crippen molar-refractivity contribution in [2.24, 2.45) is 5.92 Å². The molecule has 2 heterocycles. The molecule has 1 fully saturated rings. The van der Waals surface area contributed by atoms with Crippen LogP contribution < -0.4 is 10.3 Å². The maximum atomic E-state index is 11.7. The van der Waals surface area contributed by atoms with Crippen molar-refractivity contribution in [1.82, 2.24) is 14.7 Å². The summed E-state index contributed by atoms with van der Waals surface area (Å²) in [6.45, 7) is 2.90. The molecule has 5 heteroatoms. The summed E-state index contributed by atoms with van der Waals surface area (Å²) in [7, 11) is 3.69. The van der Waals surface area contributed by atoms with Crippen LogP contribution in [0.5, 0.6) is 5.88 Å². The summed E-state index contributed by atoms with van der Waals surface area (Å²) in [5.41, 5.74) is -0.0512. The van der Waals surface area contributed by atoms with E-state index in [1.54, 1.807) is 13.2 Å². The molecular weight excluding hydrogens is 218 g/mol. The second-order valence-corrected chi connectivity index (χ2v) is 4.64. The molecule has 1 saturated heterocycles. The molecule has 0 aliphatic carbocycles. The van der Waals surface area contributed by atoms with Crippen LogP contribution in [0.2, 0.25) is 0 Å². The second kappa shape index (κ2) is 5.31. The largest absolute Gasteiger partial charge is 0.480 e. The van der Waals surface area contributed by atoms with Crippen LogP contribution in [0.25, 0.3) is 0 Å². The van der Waals surface area contributed by atoms with Crippen LogP contribution in [0.1, 0.15) is 12.8 Å². The summed E-state index contributed by atoms with van der Waals surface area (Å²) in [6.07, 6.45) is 2.25. The Morgan fingerprint density at radius 1 is 1.41 bits per heavy atom. The Hall–Kier alpha value is -1.36. The van der Waals surface area contributed by atoms with Crippen molar-refractivity contribution in [3.05, 3.63) is 22.5 Å². The third-order valence-corrected chi connectivity index (χ3v) is 3.32. The van der Waals surface area contributed by atoms with Crippen LogP contribution in [-0.2, 0) is 6.54 Å². The summed E-state index contributed by atoms with van der Waals surface area (Å²) in [4.78, 5) is 14.0. The van der Waals surface area contributed by atoms with Crippen LogP contribution in [-0.4, -0.2) is 41.9 Å². The summed E-state index contributed by atoms with van der Waals surface area (Å²) in [5.74, 6) is 1.04. The minimum absolute atomic E-state index is 0.0512. The van der Waals surface area contributed by atoms with Crippen molar-refractivity contribution in [2.45, 2.75) is 19.4 Å². The Morgan fingerprint density at radius 3 is 2.76 bits per heavy atom. The van der Waals surface area contributed by atoms with Crippen molar-refractivity contribution in [3.8, 4) is 5.88 Å². The van der Waals surface area contributed by atoms with Crippen LogP contribution >= 0.6 is 0 Å². The lowest BCUT2D eigenvalue weighted by atomic mass is 9.97. The minimum Gasteiger partial charge on any atom is -0.480 e. The Kier molecular flexibility index (Phi) is 3.78. The van der Waals surface area contributed by atoms with Crippen LogP contribution in [0.3, 0.4) is 0 Å². The number of hydrogen-bond donors (Lipinski definition) is 0. The lowest BCUT2D eigenvalue weighted by molar-refractivity contribution is 0.198. The molecule has 1 aliphatic rings. The average molecular weight is 237 g/mol. The fourth-order valence-electron chi connectivity index (χ4n) is 2.16. The maximum absolute atomic E-state index is 11.7. The van der Waals surface area contributed by atoms with Gasteiger partial charge in [-0.1, -0.05) is 0 Å². The van der Waals surface area contributed by atoms with E-state index in [0.717, 1.165) is 25.9 Å². The topological polar surface area (TPSA) is 47.4 Å². The number of nitrogens with zero attached hydrogens (tertiary/aromatic N) is 3. The first-order chi connectivity index (χ1) is 8.19. The standard InChI is InChI=1S/C12H19N3O2/c1-14-7-5-10(6-8-14)9-15-12(16)4-3-11(13-15)17-2/h3-4,10H,5-9H2,1-2H3. The van der Waals surface area contributed by atoms with E-state index in [0.29, 0.717) is 18.3 Å². The van der Waals surface area contributed by atoms with Gasteiger partial charge in [0.15, 0.2) is 0 Å². The van der Waals surface area contributed by atoms with Crippen LogP contribution in [0.15, 0.2) is 16.9 Å². The highest BCUT2D eigenvalue weighted by Gasteiger charge is 2.18. The molecule has 1 aromatic rings. The molecule has 0 atom stereocenters. The Labute approximate surface area is 101 Å². The third kappa shape index (κ3) is 3.06. The molecule has 0 unspecified atom stereocenters. The second-order valence-electron chi connectivity index (χ2n) is 4.64. The number of piperidine rings is 1. The monoisotopic (exact) mass is 237 g/mol. The number of aromatic nitrogens is 2. The molecule has 0 amide bonds. The summed E-state index contributed by atoms with van der Waals surface area (Å²) in [5, 5.41) is 4.17. The number of methoxy groups -OCH3 is 1. The van der Waals surface area contributed by atoms with Crippen LogP contribution in [0, 0.1) is 5.92 Å². The van der Waals surface area contributed by atoms with Gasteiger partial charge in [-0.05, 0) is 38.9 Å². The fourth-order valence-corrected chi connectivity index (χ4v) is 2.16. The number of hydrogen-bond acceptors (Lipinski definition) is 4. The zero-order chi connectivity index (χ0) is 12.3. The Morgan fingerprint density at radius 2 is 2.12 bits per heavy atom. The van der Waals surface area contributed by atoms with Crippen molar-refractivity contribution < 1.29 is 4.74 Å². The summed E-state index contributed by atoms with van der Waals surface area (Å²) < 4.78 is 6.56. The van der Waals surface area contributed by atoms with Gasteiger partial charge in [0.1, 0.15) is 0 Å². The molecule has 1 aliphatic heterocycles. The van der Waals surface area contributed by atoms with E-state index < -0.39 is 0 Å². The first-order valence-electron chi connectivity index (χ1n) is 6.00. The van der Waals surface area contributed by atoms with E-state index >= 15 is 0 Å². The lowest BCUT2D eigenvalue weighted by Gasteiger charge is -2.28. The van der Waals surface area contributed by atoms with Crippen molar-refractivity contribution in [2.75, 3.05) is 27.2 Å². The van der Waals surface area contributed by atoms with E-state index in [1.165, 1.54) is 10.7 Å². The van der Waals surface area contributed by atoms with Crippen molar-refractivity contribution in [1.29, 1.82) is 0 Å². The van der Waals surface area contributed by atoms with E-state index in [2.05, 4.69) is 17.0 Å². The van der Waals surface area contributed by atoms with E-state index in [9.17, 15) is 4.79 Å².